The molecule has 8 heteroatoms. The molecule has 0 spiro atoms. The first-order chi connectivity index (χ1) is 9.91. The number of methoxy groups -OCH3 is 1. The smallest absolute Gasteiger partial charge is 0.255 e. The number of carbonyl (C=O) groups is 1. The Hall–Kier alpha value is -1.64. The fraction of sp³-hybridized carbons (Fsp3) is 0.462. The van der Waals surface area contributed by atoms with Crippen LogP contribution in [0.25, 0.3) is 0 Å². The number of nitrogens with one attached hydrogen (secondary N) is 1. The molecule has 0 aliphatic carbocycles. The summed E-state index contributed by atoms with van der Waals surface area (Å²) < 4.78 is 33.2. The van der Waals surface area contributed by atoms with E-state index < -0.39 is 15.9 Å². The molecule has 0 unspecified atom stereocenters. The number of amides is 1. The third-order valence-electron chi connectivity index (χ3n) is 3.26. The Morgan fingerprint density at radius 2 is 2.29 bits per heavy atom. The second-order valence-corrected chi connectivity index (χ2v) is 6.31. The minimum atomic E-state index is -3.87. The summed E-state index contributed by atoms with van der Waals surface area (Å²) >= 11 is 0. The monoisotopic (exact) mass is 314 g/mol. The molecule has 0 aromatic heterocycles. The molecule has 0 bridgehead atoms. The van der Waals surface area contributed by atoms with Gasteiger partial charge in [-0.15, -0.1) is 0 Å². The maximum atomic E-state index is 12.2. The molecule has 1 amide bonds. The molecule has 2 rings (SSSR count). The summed E-state index contributed by atoms with van der Waals surface area (Å²) in [6.45, 7) is 1.08. The van der Waals surface area contributed by atoms with Gasteiger partial charge >= 0.3 is 0 Å². The normalized spacial score (nSPS) is 18.5. The van der Waals surface area contributed by atoms with E-state index in [4.69, 9.17) is 14.6 Å². The largest absolute Gasteiger partial charge is 0.496 e. The van der Waals surface area contributed by atoms with Crippen LogP contribution in [0.3, 0.4) is 0 Å². The summed E-state index contributed by atoms with van der Waals surface area (Å²) in [5.74, 6) is -0.139. The van der Waals surface area contributed by atoms with Crippen LogP contribution in [0.2, 0.25) is 0 Å². The molecule has 1 saturated heterocycles. The lowest BCUT2D eigenvalue weighted by molar-refractivity contribution is 0.0855. The zero-order valence-electron chi connectivity index (χ0n) is 11.7. The van der Waals surface area contributed by atoms with E-state index in [2.05, 4.69) is 5.32 Å². The molecule has 1 aliphatic heterocycles. The van der Waals surface area contributed by atoms with Gasteiger partial charge < -0.3 is 14.8 Å². The molecule has 3 N–H and O–H groups in total. The molecular formula is C13H18N2O5S. The maximum absolute atomic E-state index is 12.2. The third-order valence-corrected chi connectivity index (χ3v) is 4.17. The first kappa shape index (κ1) is 15.7. The Labute approximate surface area is 123 Å². The lowest BCUT2D eigenvalue weighted by atomic mass is 10.1. The van der Waals surface area contributed by atoms with Crippen molar-refractivity contribution < 1.29 is 22.7 Å². The highest BCUT2D eigenvalue weighted by Gasteiger charge is 2.20. The van der Waals surface area contributed by atoms with Gasteiger partial charge in [0.05, 0.1) is 23.7 Å². The number of hydrogen-bond acceptors (Lipinski definition) is 5. The fourth-order valence-electron chi connectivity index (χ4n) is 2.15. The van der Waals surface area contributed by atoms with Crippen molar-refractivity contribution in [2.24, 2.45) is 5.14 Å². The minimum absolute atomic E-state index is 0.00127. The molecule has 1 fully saturated rings. The van der Waals surface area contributed by atoms with Crippen LogP contribution in [0.4, 0.5) is 0 Å². The van der Waals surface area contributed by atoms with E-state index >= 15 is 0 Å². The SMILES string of the molecule is COc1ccc(S(N)(=O)=O)cc1C(=O)NC[C@@H]1CCCO1. The van der Waals surface area contributed by atoms with Crippen LogP contribution in [0, 0.1) is 0 Å². The molecule has 21 heavy (non-hydrogen) atoms. The molecule has 116 valence electrons. The molecule has 1 aromatic carbocycles. The van der Waals surface area contributed by atoms with Crippen LogP contribution in [0.1, 0.15) is 23.2 Å². The van der Waals surface area contributed by atoms with Crippen molar-refractivity contribution in [3.8, 4) is 5.75 Å². The third kappa shape index (κ3) is 3.93. The standard InChI is InChI=1S/C13H18N2O5S/c1-19-12-5-4-10(21(14,17)18)7-11(12)13(16)15-8-9-3-2-6-20-9/h4-5,7,9H,2-3,6,8H2,1H3,(H,15,16)(H2,14,17,18)/t9-/m0/s1. The van der Waals surface area contributed by atoms with Gasteiger partial charge in [-0.2, -0.15) is 0 Å². The van der Waals surface area contributed by atoms with E-state index in [9.17, 15) is 13.2 Å². The summed E-state index contributed by atoms with van der Waals surface area (Å²) in [4.78, 5) is 12.0. The zero-order valence-corrected chi connectivity index (χ0v) is 12.5. The summed E-state index contributed by atoms with van der Waals surface area (Å²) in [5, 5.41) is 7.79. The molecule has 0 saturated carbocycles. The van der Waals surface area contributed by atoms with Crippen LogP contribution in [0.15, 0.2) is 23.1 Å². The molecule has 1 atom stereocenters. The Balaban J connectivity index is 2.17. The van der Waals surface area contributed by atoms with Gasteiger partial charge in [-0.1, -0.05) is 0 Å². The Kier molecular flexibility index (Phi) is 4.81. The van der Waals surface area contributed by atoms with E-state index in [0.29, 0.717) is 13.2 Å². The van der Waals surface area contributed by atoms with Crippen molar-refractivity contribution in [1.29, 1.82) is 0 Å². The van der Waals surface area contributed by atoms with Gasteiger partial charge in [0.15, 0.2) is 0 Å². The van der Waals surface area contributed by atoms with Crippen molar-refractivity contribution in [1.82, 2.24) is 5.32 Å². The van der Waals surface area contributed by atoms with Crippen molar-refractivity contribution in [2.75, 3.05) is 20.3 Å². The number of carbonyl (C=O) groups excluding carboxylic acids is 1. The number of nitrogens with two attached hydrogens (primary N) is 1. The lowest BCUT2D eigenvalue weighted by Crippen LogP contribution is -2.32. The Bertz CT molecular complexity index is 623. The van der Waals surface area contributed by atoms with E-state index in [1.165, 1.54) is 25.3 Å². The highest BCUT2D eigenvalue weighted by atomic mass is 32.2. The van der Waals surface area contributed by atoms with E-state index in [-0.39, 0.29) is 22.3 Å². The van der Waals surface area contributed by atoms with Gasteiger partial charge in [0.2, 0.25) is 10.0 Å². The predicted molar refractivity (Wildman–Crippen MR) is 75.7 cm³/mol. The van der Waals surface area contributed by atoms with E-state index in [1.54, 1.807) is 0 Å². The van der Waals surface area contributed by atoms with Crippen LogP contribution < -0.4 is 15.2 Å². The number of sulfonamides is 1. The first-order valence-corrected chi connectivity index (χ1v) is 8.07. The summed E-state index contributed by atoms with van der Waals surface area (Å²) in [6, 6.07) is 3.91. The predicted octanol–water partition coefficient (Wildman–Crippen LogP) is 0.251. The topological polar surface area (TPSA) is 108 Å². The highest BCUT2D eigenvalue weighted by molar-refractivity contribution is 7.89. The molecule has 1 heterocycles. The number of hydrogen-bond donors (Lipinski definition) is 2. The van der Waals surface area contributed by atoms with Crippen molar-refractivity contribution in [2.45, 2.75) is 23.8 Å². The van der Waals surface area contributed by atoms with Crippen LogP contribution >= 0.6 is 0 Å². The van der Waals surface area contributed by atoms with E-state index in [1.807, 2.05) is 0 Å². The number of primary sulfonamides is 1. The second-order valence-electron chi connectivity index (χ2n) is 4.75. The average molecular weight is 314 g/mol. The fourth-order valence-corrected chi connectivity index (χ4v) is 2.69. The van der Waals surface area contributed by atoms with Gasteiger partial charge in [-0.3, -0.25) is 4.79 Å². The quantitative estimate of drug-likeness (QED) is 0.810. The van der Waals surface area contributed by atoms with Crippen LogP contribution in [0.5, 0.6) is 5.75 Å². The summed E-state index contributed by atoms with van der Waals surface area (Å²) in [6.07, 6.45) is 1.88. The highest BCUT2D eigenvalue weighted by Crippen LogP contribution is 2.22. The van der Waals surface area contributed by atoms with E-state index in [0.717, 1.165) is 12.8 Å². The van der Waals surface area contributed by atoms with Crippen LogP contribution in [-0.4, -0.2) is 40.7 Å². The average Bonchev–Trinajstić information content (AvgIpc) is 2.96. The van der Waals surface area contributed by atoms with Gasteiger partial charge in [-0.05, 0) is 31.0 Å². The van der Waals surface area contributed by atoms with Crippen molar-refractivity contribution in [3.05, 3.63) is 23.8 Å². The van der Waals surface area contributed by atoms with Gasteiger partial charge in [0, 0.05) is 13.2 Å². The Morgan fingerprint density at radius 3 is 2.86 bits per heavy atom. The Morgan fingerprint density at radius 1 is 1.52 bits per heavy atom. The number of benzene rings is 1. The summed E-state index contributed by atoms with van der Waals surface area (Å²) in [5.41, 5.74) is 0.127. The molecule has 1 aromatic rings. The van der Waals surface area contributed by atoms with Gasteiger partial charge in [-0.25, -0.2) is 13.6 Å². The molecule has 1 aliphatic rings. The zero-order chi connectivity index (χ0) is 15.5. The lowest BCUT2D eigenvalue weighted by Gasteiger charge is -2.13. The van der Waals surface area contributed by atoms with Gasteiger partial charge in [0.1, 0.15) is 5.75 Å². The molecular weight excluding hydrogens is 296 g/mol. The number of rotatable bonds is 5. The molecule has 0 radical (unpaired) electrons. The summed E-state index contributed by atoms with van der Waals surface area (Å²) in [7, 11) is -2.47. The second kappa shape index (κ2) is 6.42. The van der Waals surface area contributed by atoms with Crippen LogP contribution in [-0.2, 0) is 14.8 Å². The van der Waals surface area contributed by atoms with Crippen molar-refractivity contribution >= 4 is 15.9 Å². The maximum Gasteiger partial charge on any atom is 0.255 e. The van der Waals surface area contributed by atoms with Crippen molar-refractivity contribution in [3.63, 3.8) is 0 Å². The minimum Gasteiger partial charge on any atom is -0.496 e. The first-order valence-electron chi connectivity index (χ1n) is 6.52. The number of ether oxygens (including phenoxy) is 2. The molecule has 7 nitrogen and oxygen atoms in total. The van der Waals surface area contributed by atoms with Gasteiger partial charge in [0.25, 0.3) is 5.91 Å².